The fourth-order valence-corrected chi connectivity index (χ4v) is 5.15. The number of rotatable bonds is 7. The van der Waals surface area contributed by atoms with Crippen molar-refractivity contribution in [1.29, 1.82) is 0 Å². The Morgan fingerprint density at radius 1 is 0.974 bits per heavy atom. The van der Waals surface area contributed by atoms with Crippen LogP contribution in [0.15, 0.2) is 71.8 Å². The Balaban J connectivity index is 1.76. The summed E-state index contributed by atoms with van der Waals surface area (Å²) in [6.07, 6.45) is -1.57. The largest absolute Gasteiger partial charge is 0.416 e. The molecule has 0 spiro atoms. The Morgan fingerprint density at radius 3 is 2.21 bits per heavy atom. The molecule has 3 aromatic carbocycles. The predicted octanol–water partition coefficient (Wildman–Crippen LogP) is 6.26. The van der Waals surface area contributed by atoms with Crippen molar-refractivity contribution < 1.29 is 27.6 Å². The van der Waals surface area contributed by atoms with Gasteiger partial charge in [0.1, 0.15) is 11.4 Å². The van der Waals surface area contributed by atoms with Gasteiger partial charge in [-0.15, -0.1) is 0 Å². The van der Waals surface area contributed by atoms with Crippen molar-refractivity contribution in [3.8, 4) is 16.8 Å². The van der Waals surface area contributed by atoms with Gasteiger partial charge in [-0.3, -0.25) is 4.21 Å². The van der Waals surface area contributed by atoms with Gasteiger partial charge in [0.2, 0.25) is 0 Å². The van der Waals surface area contributed by atoms with Crippen LogP contribution in [0.5, 0.6) is 0 Å². The van der Waals surface area contributed by atoms with Gasteiger partial charge >= 0.3 is 6.18 Å². The summed E-state index contributed by atoms with van der Waals surface area (Å²) < 4.78 is 54.8. The molecule has 1 aromatic heterocycles. The molecule has 38 heavy (non-hydrogen) atoms. The van der Waals surface area contributed by atoms with Crippen LogP contribution in [0.4, 0.5) is 13.2 Å². The lowest BCUT2D eigenvalue weighted by atomic mass is 10.0. The molecule has 1 heterocycles. The van der Waals surface area contributed by atoms with Crippen LogP contribution in [-0.4, -0.2) is 30.2 Å². The maximum atomic E-state index is 13.7. The highest BCUT2D eigenvalue weighted by Crippen LogP contribution is 2.35. The first-order valence-corrected chi connectivity index (χ1v) is 13.6. The fraction of sp³-hybridized carbons (Fsp3) is 0.250. The number of aromatic nitrogens is 2. The molecular formula is C28H26ClF3N2O3S. The molecule has 5 nitrogen and oxygen atoms in total. The molecule has 1 unspecified atom stereocenters. The minimum atomic E-state index is -4.56. The van der Waals surface area contributed by atoms with Crippen LogP contribution in [0.25, 0.3) is 16.8 Å². The summed E-state index contributed by atoms with van der Waals surface area (Å²) in [5, 5.41) is 20.3. The maximum absolute atomic E-state index is 13.7. The van der Waals surface area contributed by atoms with Gasteiger partial charge in [-0.2, -0.15) is 13.2 Å². The molecule has 4 rings (SSSR count). The molecule has 0 amide bonds. The summed E-state index contributed by atoms with van der Waals surface area (Å²) in [7, 11) is -1.28. The molecule has 2 N–H and O–H groups in total. The normalized spacial score (nSPS) is 13.1. The Kier molecular flexibility index (Phi) is 7.86. The van der Waals surface area contributed by atoms with Gasteiger partial charge in [0.15, 0.2) is 0 Å². The number of imidazole rings is 1. The third-order valence-electron chi connectivity index (χ3n) is 6.15. The summed E-state index contributed by atoms with van der Waals surface area (Å²) in [5.74, 6) is 0.304. The highest BCUT2D eigenvalue weighted by atomic mass is 35.5. The SMILES string of the molecule is CS(=O)c1cc(-c2ccc(-n3cc(C(C)(C)O)nc3Cc3cc(Cl)ccc3C(F)(F)F)cc2)ccc1CO. The van der Waals surface area contributed by atoms with Crippen LogP contribution < -0.4 is 0 Å². The van der Waals surface area contributed by atoms with E-state index in [2.05, 4.69) is 4.98 Å². The average molecular weight is 563 g/mol. The molecule has 4 aromatic rings. The molecule has 0 aliphatic heterocycles. The molecule has 10 heteroatoms. The number of aliphatic hydroxyl groups excluding tert-OH is 1. The number of nitrogens with zero attached hydrogens (tertiary/aromatic N) is 2. The zero-order valence-electron chi connectivity index (χ0n) is 20.9. The van der Waals surface area contributed by atoms with Crippen LogP contribution in [0, 0.1) is 0 Å². The maximum Gasteiger partial charge on any atom is 0.416 e. The molecule has 0 radical (unpaired) electrons. The van der Waals surface area contributed by atoms with Crippen LogP contribution in [0.2, 0.25) is 5.02 Å². The van der Waals surface area contributed by atoms with E-state index in [1.807, 2.05) is 18.2 Å². The van der Waals surface area contributed by atoms with Gasteiger partial charge in [-0.25, -0.2) is 4.98 Å². The Hall–Kier alpha value is -2.98. The molecular weight excluding hydrogens is 537 g/mol. The minimum Gasteiger partial charge on any atom is -0.392 e. The first-order valence-electron chi connectivity index (χ1n) is 11.6. The van der Waals surface area contributed by atoms with Crippen molar-refractivity contribution in [3.05, 3.63) is 100 Å². The second-order valence-corrected chi connectivity index (χ2v) is 11.2. The van der Waals surface area contributed by atoms with Gasteiger partial charge in [0, 0.05) is 34.5 Å². The van der Waals surface area contributed by atoms with Crippen LogP contribution in [0.3, 0.4) is 0 Å². The summed E-state index contributed by atoms with van der Waals surface area (Å²) in [4.78, 5) is 5.03. The van der Waals surface area contributed by atoms with E-state index in [0.29, 0.717) is 27.7 Å². The van der Waals surface area contributed by atoms with Crippen LogP contribution in [-0.2, 0) is 35.6 Å². The molecule has 0 saturated carbocycles. The van der Waals surface area contributed by atoms with Crippen molar-refractivity contribution >= 4 is 22.4 Å². The van der Waals surface area contributed by atoms with Crippen molar-refractivity contribution in [2.45, 2.75) is 43.5 Å². The van der Waals surface area contributed by atoms with E-state index in [9.17, 15) is 27.6 Å². The lowest BCUT2D eigenvalue weighted by Crippen LogP contribution is -2.16. The zero-order valence-corrected chi connectivity index (χ0v) is 22.5. The van der Waals surface area contributed by atoms with Gasteiger partial charge in [-0.05, 0) is 72.5 Å². The topological polar surface area (TPSA) is 75.4 Å². The lowest BCUT2D eigenvalue weighted by Gasteiger charge is -2.14. The van der Waals surface area contributed by atoms with Gasteiger partial charge in [0.05, 0.1) is 28.7 Å². The van der Waals surface area contributed by atoms with Crippen molar-refractivity contribution in [1.82, 2.24) is 9.55 Å². The van der Waals surface area contributed by atoms with E-state index >= 15 is 0 Å². The lowest BCUT2D eigenvalue weighted by molar-refractivity contribution is -0.138. The summed E-state index contributed by atoms with van der Waals surface area (Å²) in [6.45, 7) is 2.89. The van der Waals surface area contributed by atoms with Crippen molar-refractivity contribution in [2.24, 2.45) is 0 Å². The number of aliphatic hydroxyl groups is 2. The minimum absolute atomic E-state index is 0.0279. The fourth-order valence-electron chi connectivity index (χ4n) is 4.16. The molecule has 0 bridgehead atoms. The second kappa shape index (κ2) is 10.6. The molecule has 0 fully saturated rings. The van der Waals surface area contributed by atoms with Crippen molar-refractivity contribution in [2.75, 3.05) is 6.26 Å². The number of halogens is 4. The zero-order chi connectivity index (χ0) is 27.8. The molecule has 0 saturated heterocycles. The van der Waals surface area contributed by atoms with Gasteiger partial charge in [-0.1, -0.05) is 35.9 Å². The van der Waals surface area contributed by atoms with E-state index in [4.69, 9.17) is 11.6 Å². The Morgan fingerprint density at radius 2 is 1.63 bits per heavy atom. The third-order valence-corrected chi connectivity index (χ3v) is 7.39. The van der Waals surface area contributed by atoms with Gasteiger partial charge in [0.25, 0.3) is 0 Å². The summed E-state index contributed by atoms with van der Waals surface area (Å²) >= 11 is 6.03. The number of benzene rings is 3. The number of hydrogen-bond acceptors (Lipinski definition) is 4. The highest BCUT2D eigenvalue weighted by molar-refractivity contribution is 7.84. The second-order valence-electron chi connectivity index (χ2n) is 9.43. The van der Waals surface area contributed by atoms with E-state index in [0.717, 1.165) is 17.2 Å². The number of alkyl halides is 3. The van der Waals surface area contributed by atoms with Crippen LogP contribution in [0.1, 0.15) is 42.1 Å². The number of hydrogen-bond donors (Lipinski definition) is 2. The molecule has 200 valence electrons. The summed E-state index contributed by atoms with van der Waals surface area (Å²) in [5.41, 5.74) is 1.01. The average Bonchev–Trinajstić information content (AvgIpc) is 3.27. The molecule has 0 aliphatic carbocycles. The predicted molar refractivity (Wildman–Crippen MR) is 142 cm³/mol. The Labute approximate surface area is 226 Å². The van der Waals surface area contributed by atoms with E-state index in [1.54, 1.807) is 55.1 Å². The van der Waals surface area contributed by atoms with E-state index < -0.39 is 28.1 Å². The summed E-state index contributed by atoms with van der Waals surface area (Å²) in [6, 6.07) is 16.0. The highest BCUT2D eigenvalue weighted by Gasteiger charge is 2.34. The molecule has 0 aliphatic rings. The quantitative estimate of drug-likeness (QED) is 0.279. The van der Waals surface area contributed by atoms with E-state index in [-0.39, 0.29) is 23.6 Å². The van der Waals surface area contributed by atoms with Gasteiger partial charge < -0.3 is 14.8 Å². The first-order chi connectivity index (χ1) is 17.8. The standard InChI is InChI=1S/C28H26ClF3N2O3S/c1-27(2,36)25-15-34(26(33-25)14-20-12-21(29)8-11-23(20)28(30,31)32)22-9-6-17(7-10-22)18-4-5-19(16-35)24(13-18)38(3)37/h4-13,15,35-36H,14,16H2,1-3H3. The first kappa shape index (κ1) is 28.0. The molecule has 1 atom stereocenters. The van der Waals surface area contributed by atoms with Crippen molar-refractivity contribution in [3.63, 3.8) is 0 Å². The smallest absolute Gasteiger partial charge is 0.392 e. The van der Waals surface area contributed by atoms with E-state index in [1.165, 1.54) is 12.1 Å². The Bertz CT molecular complexity index is 1490. The third kappa shape index (κ3) is 6.02. The van der Waals surface area contributed by atoms with Crippen LogP contribution >= 0.6 is 11.6 Å². The monoisotopic (exact) mass is 562 g/mol.